The average Bonchev–Trinajstić information content (AvgIpc) is 3.35. The zero-order valence-corrected chi connectivity index (χ0v) is 15.8. The molecule has 1 saturated heterocycles. The van der Waals surface area contributed by atoms with Gasteiger partial charge in [0.1, 0.15) is 5.56 Å². The molecule has 0 radical (unpaired) electrons. The van der Waals surface area contributed by atoms with E-state index in [0.717, 1.165) is 26.1 Å². The van der Waals surface area contributed by atoms with Crippen molar-refractivity contribution in [1.82, 2.24) is 24.8 Å². The molecule has 6 nitrogen and oxygen atoms in total. The highest BCUT2D eigenvalue weighted by Gasteiger charge is 2.26. The van der Waals surface area contributed by atoms with Crippen molar-refractivity contribution in [3.8, 4) is 0 Å². The summed E-state index contributed by atoms with van der Waals surface area (Å²) >= 11 is 0. The highest BCUT2D eigenvalue weighted by molar-refractivity contribution is 5.99. The lowest BCUT2D eigenvalue weighted by Gasteiger charge is -2.33. The number of hydrogen-bond donors (Lipinski definition) is 1. The lowest BCUT2D eigenvalue weighted by molar-refractivity contribution is 0.0953. The van der Waals surface area contributed by atoms with Gasteiger partial charge in [0.2, 0.25) is 0 Å². The first-order valence-corrected chi connectivity index (χ1v) is 9.95. The summed E-state index contributed by atoms with van der Waals surface area (Å²) in [6.07, 6.45) is 8.32. The Morgan fingerprint density at radius 1 is 1.35 bits per heavy atom. The second-order valence-corrected chi connectivity index (χ2v) is 8.31. The van der Waals surface area contributed by atoms with Crippen molar-refractivity contribution in [2.24, 2.45) is 11.8 Å². The van der Waals surface area contributed by atoms with Crippen LogP contribution in [0.1, 0.15) is 61.5 Å². The standard InChI is InChI=1S/C20H29N5O/c1-14(2)12-24-9-3-4-16(13-24)18-7-8-21-19-17(11-23-25(18)19)20(26)22-10-15-5-6-15/h7-8,11,14-16H,3-6,9-10,12-13H2,1-2H3,(H,22,26)/t16-/m1/s1. The van der Waals surface area contributed by atoms with Crippen LogP contribution in [0.4, 0.5) is 0 Å². The molecule has 0 spiro atoms. The lowest BCUT2D eigenvalue weighted by atomic mass is 9.94. The van der Waals surface area contributed by atoms with Crippen molar-refractivity contribution < 1.29 is 4.79 Å². The Morgan fingerprint density at radius 2 is 2.19 bits per heavy atom. The number of carbonyl (C=O) groups excluding carboxylic acids is 1. The van der Waals surface area contributed by atoms with Crippen LogP contribution in [0.5, 0.6) is 0 Å². The predicted molar refractivity (Wildman–Crippen MR) is 101 cm³/mol. The van der Waals surface area contributed by atoms with Gasteiger partial charge in [-0.25, -0.2) is 9.50 Å². The molecule has 1 aliphatic carbocycles. The van der Waals surface area contributed by atoms with Gasteiger partial charge in [-0.3, -0.25) is 4.79 Å². The van der Waals surface area contributed by atoms with Gasteiger partial charge in [0.05, 0.1) is 11.9 Å². The van der Waals surface area contributed by atoms with Gasteiger partial charge >= 0.3 is 0 Å². The smallest absolute Gasteiger partial charge is 0.256 e. The van der Waals surface area contributed by atoms with E-state index in [1.807, 2.05) is 10.7 Å². The van der Waals surface area contributed by atoms with Gasteiger partial charge < -0.3 is 10.2 Å². The second-order valence-electron chi connectivity index (χ2n) is 8.31. The highest BCUT2D eigenvalue weighted by atomic mass is 16.1. The largest absolute Gasteiger partial charge is 0.352 e. The van der Waals surface area contributed by atoms with E-state index in [0.29, 0.717) is 29.0 Å². The Balaban J connectivity index is 1.55. The summed E-state index contributed by atoms with van der Waals surface area (Å²) in [5.74, 6) is 1.73. The van der Waals surface area contributed by atoms with Gasteiger partial charge in [-0.2, -0.15) is 5.10 Å². The molecule has 3 heterocycles. The number of fused-ring (bicyclic) bond motifs is 1. The zero-order valence-electron chi connectivity index (χ0n) is 15.8. The Hall–Kier alpha value is -1.95. The summed E-state index contributed by atoms with van der Waals surface area (Å²) in [6, 6.07) is 2.06. The molecule has 26 heavy (non-hydrogen) atoms. The van der Waals surface area contributed by atoms with Gasteiger partial charge in [-0.05, 0) is 50.1 Å². The van der Waals surface area contributed by atoms with E-state index in [2.05, 4.69) is 40.2 Å². The molecule has 6 heteroatoms. The van der Waals surface area contributed by atoms with E-state index in [-0.39, 0.29) is 5.91 Å². The van der Waals surface area contributed by atoms with Gasteiger partial charge in [0.15, 0.2) is 5.65 Å². The fourth-order valence-electron chi connectivity index (χ4n) is 4.01. The van der Waals surface area contributed by atoms with Gasteiger partial charge in [-0.15, -0.1) is 0 Å². The normalized spacial score (nSPS) is 21.4. The minimum absolute atomic E-state index is 0.0540. The van der Waals surface area contributed by atoms with Crippen molar-refractivity contribution in [2.75, 3.05) is 26.2 Å². The molecule has 1 aliphatic heterocycles. The second kappa shape index (κ2) is 7.35. The number of hydrogen-bond acceptors (Lipinski definition) is 4. The number of rotatable bonds is 6. The molecule has 2 aromatic rings. The molecular weight excluding hydrogens is 326 g/mol. The van der Waals surface area contributed by atoms with E-state index in [4.69, 9.17) is 0 Å². The van der Waals surface area contributed by atoms with Crippen molar-refractivity contribution >= 4 is 11.6 Å². The monoisotopic (exact) mass is 355 g/mol. The first kappa shape index (κ1) is 17.5. The predicted octanol–water partition coefficient (Wildman–Crippen LogP) is 2.70. The van der Waals surface area contributed by atoms with Crippen molar-refractivity contribution in [1.29, 1.82) is 0 Å². The van der Waals surface area contributed by atoms with Crippen LogP contribution in [-0.4, -0.2) is 51.6 Å². The summed E-state index contributed by atoms with van der Waals surface area (Å²) in [6.45, 7) is 8.68. The topological polar surface area (TPSA) is 62.5 Å². The number of carbonyl (C=O) groups is 1. The average molecular weight is 355 g/mol. The summed E-state index contributed by atoms with van der Waals surface area (Å²) in [5, 5.41) is 7.54. The number of piperidine rings is 1. The number of likely N-dealkylation sites (tertiary alicyclic amines) is 1. The third-order valence-electron chi connectivity index (χ3n) is 5.47. The molecule has 2 aromatic heterocycles. The summed E-state index contributed by atoms with van der Waals surface area (Å²) in [4.78, 5) is 19.5. The maximum Gasteiger partial charge on any atom is 0.256 e. The van der Waals surface area contributed by atoms with Crippen LogP contribution in [0, 0.1) is 11.8 Å². The van der Waals surface area contributed by atoms with Crippen LogP contribution < -0.4 is 5.32 Å². The zero-order chi connectivity index (χ0) is 18.1. The number of nitrogens with one attached hydrogen (secondary N) is 1. The first-order chi connectivity index (χ1) is 12.6. The highest BCUT2D eigenvalue weighted by Crippen LogP contribution is 2.29. The molecular formula is C20H29N5O. The van der Waals surface area contributed by atoms with Crippen molar-refractivity contribution in [2.45, 2.75) is 45.4 Å². The van der Waals surface area contributed by atoms with E-state index < -0.39 is 0 Å². The van der Waals surface area contributed by atoms with E-state index >= 15 is 0 Å². The maximum atomic E-state index is 12.5. The number of amides is 1. The molecule has 140 valence electrons. The van der Waals surface area contributed by atoms with Crippen molar-refractivity contribution in [3.05, 3.63) is 29.7 Å². The molecule has 4 rings (SSSR count). The van der Waals surface area contributed by atoms with Crippen LogP contribution >= 0.6 is 0 Å². The Morgan fingerprint density at radius 3 is 2.96 bits per heavy atom. The fraction of sp³-hybridized carbons (Fsp3) is 0.650. The molecule has 1 atom stereocenters. The van der Waals surface area contributed by atoms with E-state index in [1.165, 1.54) is 31.5 Å². The molecule has 1 saturated carbocycles. The quantitative estimate of drug-likeness (QED) is 0.865. The fourth-order valence-corrected chi connectivity index (χ4v) is 4.01. The van der Waals surface area contributed by atoms with Gasteiger partial charge in [-0.1, -0.05) is 13.8 Å². The molecule has 1 N–H and O–H groups in total. The summed E-state index contributed by atoms with van der Waals surface area (Å²) in [7, 11) is 0. The molecule has 0 bridgehead atoms. The molecule has 1 amide bonds. The van der Waals surface area contributed by atoms with Crippen molar-refractivity contribution in [3.63, 3.8) is 0 Å². The maximum absolute atomic E-state index is 12.5. The number of nitrogens with zero attached hydrogens (tertiary/aromatic N) is 4. The Bertz CT molecular complexity index is 780. The third-order valence-corrected chi connectivity index (χ3v) is 5.47. The van der Waals surface area contributed by atoms with Gasteiger partial charge in [0.25, 0.3) is 5.91 Å². The van der Waals surface area contributed by atoms with Crippen LogP contribution in [-0.2, 0) is 0 Å². The van der Waals surface area contributed by atoms with Gasteiger partial charge in [0, 0.05) is 31.7 Å². The lowest BCUT2D eigenvalue weighted by Crippen LogP contribution is -2.37. The third kappa shape index (κ3) is 3.75. The number of aromatic nitrogens is 3. The first-order valence-electron chi connectivity index (χ1n) is 9.95. The molecule has 2 fully saturated rings. The minimum Gasteiger partial charge on any atom is -0.352 e. The summed E-state index contributed by atoms with van der Waals surface area (Å²) < 4.78 is 1.88. The molecule has 0 aromatic carbocycles. The van der Waals surface area contributed by atoms with E-state index in [9.17, 15) is 4.79 Å². The Kier molecular flexibility index (Phi) is 4.94. The van der Waals surface area contributed by atoms with Crippen LogP contribution in [0.3, 0.4) is 0 Å². The molecule has 2 aliphatic rings. The van der Waals surface area contributed by atoms with E-state index in [1.54, 1.807) is 6.20 Å². The van der Waals surface area contributed by atoms with Crippen LogP contribution in [0.25, 0.3) is 5.65 Å². The minimum atomic E-state index is -0.0540. The molecule has 0 unspecified atom stereocenters. The van der Waals surface area contributed by atoms with Crippen LogP contribution in [0.2, 0.25) is 0 Å². The Labute approximate surface area is 155 Å². The SMILES string of the molecule is CC(C)CN1CCC[C@@H](c2ccnc3c(C(=O)NCC4CC4)cnn23)C1. The summed E-state index contributed by atoms with van der Waals surface area (Å²) in [5.41, 5.74) is 2.43. The van der Waals surface area contributed by atoms with Crippen LogP contribution in [0.15, 0.2) is 18.5 Å².